The number of nitrogens with one attached hydrogen (secondary N) is 2. The zero-order valence-corrected chi connectivity index (χ0v) is 11.0. The van der Waals surface area contributed by atoms with Gasteiger partial charge in [-0.1, -0.05) is 13.8 Å². The number of rotatable bonds is 2. The van der Waals surface area contributed by atoms with Crippen LogP contribution >= 0.6 is 0 Å². The number of anilines is 1. The molecule has 1 amide bonds. The zero-order valence-electron chi connectivity index (χ0n) is 11.0. The molecule has 0 saturated carbocycles. The quantitative estimate of drug-likeness (QED) is 0.826. The molecule has 0 fully saturated rings. The van der Waals surface area contributed by atoms with Crippen LogP contribution in [0.3, 0.4) is 0 Å². The third-order valence-electron chi connectivity index (χ3n) is 2.64. The van der Waals surface area contributed by atoms with Gasteiger partial charge in [0.15, 0.2) is 0 Å². The standard InChI is InChI=1S/C12H16N2O.C2H6/c1-2-13-12(15)10-5-6-11-9(8-10)4-3-7-14-11;1-2/h5-6,8,14H,2-4,7H2,1H3,(H,13,15);1-2H3. The maximum absolute atomic E-state index is 11.6. The molecule has 0 atom stereocenters. The average Bonchev–Trinajstić information content (AvgIpc) is 2.41. The molecule has 0 aromatic heterocycles. The van der Waals surface area contributed by atoms with Gasteiger partial charge in [0.1, 0.15) is 0 Å². The number of hydrogen-bond acceptors (Lipinski definition) is 2. The van der Waals surface area contributed by atoms with E-state index in [1.54, 1.807) is 0 Å². The lowest BCUT2D eigenvalue weighted by molar-refractivity contribution is 0.0956. The van der Waals surface area contributed by atoms with Gasteiger partial charge in [0.05, 0.1) is 0 Å². The predicted octanol–water partition coefficient (Wildman–Crippen LogP) is 2.82. The highest BCUT2D eigenvalue weighted by molar-refractivity contribution is 5.94. The van der Waals surface area contributed by atoms with Crippen LogP contribution in [0.15, 0.2) is 18.2 Å². The van der Waals surface area contributed by atoms with Crippen molar-refractivity contribution in [2.75, 3.05) is 18.4 Å². The van der Waals surface area contributed by atoms with Crippen LogP contribution in [-0.4, -0.2) is 19.0 Å². The van der Waals surface area contributed by atoms with Gasteiger partial charge >= 0.3 is 0 Å². The van der Waals surface area contributed by atoms with Gasteiger partial charge in [-0.15, -0.1) is 0 Å². The SMILES string of the molecule is CC.CCNC(=O)c1ccc2c(c1)CCCN2. The molecule has 0 bridgehead atoms. The molecule has 1 aliphatic heterocycles. The molecule has 2 rings (SSSR count). The first-order chi connectivity index (χ1) is 8.31. The van der Waals surface area contributed by atoms with Gasteiger partial charge in [-0.2, -0.15) is 0 Å². The monoisotopic (exact) mass is 234 g/mol. The Kier molecular flexibility index (Phi) is 5.53. The number of fused-ring (bicyclic) bond motifs is 1. The Morgan fingerprint density at radius 3 is 2.88 bits per heavy atom. The first-order valence-electron chi connectivity index (χ1n) is 6.46. The molecule has 94 valence electrons. The maximum atomic E-state index is 11.6. The van der Waals surface area contributed by atoms with E-state index in [-0.39, 0.29) is 5.91 Å². The molecule has 0 radical (unpaired) electrons. The molecule has 1 aliphatic rings. The van der Waals surface area contributed by atoms with Crippen molar-refractivity contribution >= 4 is 11.6 Å². The third-order valence-corrected chi connectivity index (χ3v) is 2.64. The molecule has 2 N–H and O–H groups in total. The summed E-state index contributed by atoms with van der Waals surface area (Å²) in [5, 5.41) is 6.14. The number of amides is 1. The summed E-state index contributed by atoms with van der Waals surface area (Å²) in [6.45, 7) is 7.64. The molecular weight excluding hydrogens is 212 g/mol. The molecule has 0 aliphatic carbocycles. The Balaban J connectivity index is 0.000000686. The van der Waals surface area contributed by atoms with Crippen LogP contribution in [0.1, 0.15) is 43.1 Å². The van der Waals surface area contributed by atoms with E-state index in [9.17, 15) is 4.79 Å². The highest BCUT2D eigenvalue weighted by atomic mass is 16.1. The number of hydrogen-bond donors (Lipinski definition) is 2. The molecule has 1 aromatic rings. The topological polar surface area (TPSA) is 41.1 Å². The van der Waals surface area contributed by atoms with E-state index in [4.69, 9.17) is 0 Å². The number of benzene rings is 1. The Labute approximate surface area is 104 Å². The maximum Gasteiger partial charge on any atom is 0.251 e. The molecule has 0 saturated heterocycles. The second-order valence-corrected chi connectivity index (χ2v) is 3.76. The van der Waals surface area contributed by atoms with Crippen molar-refractivity contribution in [2.45, 2.75) is 33.6 Å². The first kappa shape index (κ1) is 13.6. The van der Waals surface area contributed by atoms with Crippen molar-refractivity contribution in [3.8, 4) is 0 Å². The zero-order chi connectivity index (χ0) is 12.7. The van der Waals surface area contributed by atoms with Crippen molar-refractivity contribution in [3.63, 3.8) is 0 Å². The second-order valence-electron chi connectivity index (χ2n) is 3.76. The van der Waals surface area contributed by atoms with Gasteiger partial charge in [0.2, 0.25) is 0 Å². The van der Waals surface area contributed by atoms with Gasteiger partial charge in [0, 0.05) is 24.3 Å². The van der Waals surface area contributed by atoms with Crippen LogP contribution in [0.25, 0.3) is 0 Å². The normalized spacial score (nSPS) is 12.6. The fraction of sp³-hybridized carbons (Fsp3) is 0.500. The average molecular weight is 234 g/mol. The van der Waals surface area contributed by atoms with Gasteiger partial charge in [-0.3, -0.25) is 4.79 Å². The molecular formula is C14H22N2O. The lowest BCUT2D eigenvalue weighted by Gasteiger charge is -2.18. The largest absolute Gasteiger partial charge is 0.385 e. The lowest BCUT2D eigenvalue weighted by atomic mass is 10.0. The van der Waals surface area contributed by atoms with Crippen LogP contribution in [0, 0.1) is 0 Å². The highest BCUT2D eigenvalue weighted by Crippen LogP contribution is 2.22. The van der Waals surface area contributed by atoms with Crippen molar-refractivity contribution < 1.29 is 4.79 Å². The minimum atomic E-state index is 0.0193. The van der Waals surface area contributed by atoms with E-state index in [2.05, 4.69) is 10.6 Å². The lowest BCUT2D eigenvalue weighted by Crippen LogP contribution is -2.23. The molecule has 1 heterocycles. The summed E-state index contributed by atoms with van der Waals surface area (Å²) in [7, 11) is 0. The Hall–Kier alpha value is -1.51. The molecule has 3 nitrogen and oxygen atoms in total. The van der Waals surface area contributed by atoms with Crippen LogP contribution < -0.4 is 10.6 Å². The fourth-order valence-corrected chi connectivity index (χ4v) is 1.88. The minimum Gasteiger partial charge on any atom is -0.385 e. The van der Waals surface area contributed by atoms with Crippen molar-refractivity contribution in [1.82, 2.24) is 5.32 Å². The third kappa shape index (κ3) is 3.48. The molecule has 1 aromatic carbocycles. The summed E-state index contributed by atoms with van der Waals surface area (Å²) < 4.78 is 0. The first-order valence-corrected chi connectivity index (χ1v) is 6.46. The van der Waals surface area contributed by atoms with Crippen molar-refractivity contribution in [3.05, 3.63) is 29.3 Å². The van der Waals surface area contributed by atoms with E-state index in [1.165, 1.54) is 11.3 Å². The van der Waals surface area contributed by atoms with Crippen LogP contribution in [0.4, 0.5) is 5.69 Å². The number of carbonyl (C=O) groups excluding carboxylic acids is 1. The van der Waals surface area contributed by atoms with Gasteiger partial charge in [-0.25, -0.2) is 0 Å². The Morgan fingerprint density at radius 1 is 1.41 bits per heavy atom. The summed E-state index contributed by atoms with van der Waals surface area (Å²) in [5.74, 6) is 0.0193. The smallest absolute Gasteiger partial charge is 0.251 e. The summed E-state index contributed by atoms with van der Waals surface area (Å²) >= 11 is 0. The molecule has 0 unspecified atom stereocenters. The van der Waals surface area contributed by atoms with E-state index in [0.29, 0.717) is 6.54 Å². The van der Waals surface area contributed by atoms with Gasteiger partial charge in [-0.05, 0) is 43.5 Å². The molecule has 17 heavy (non-hydrogen) atoms. The van der Waals surface area contributed by atoms with Gasteiger partial charge in [0.25, 0.3) is 5.91 Å². The fourth-order valence-electron chi connectivity index (χ4n) is 1.88. The predicted molar refractivity (Wildman–Crippen MR) is 72.6 cm³/mol. The van der Waals surface area contributed by atoms with Crippen LogP contribution in [-0.2, 0) is 6.42 Å². The summed E-state index contributed by atoms with van der Waals surface area (Å²) in [6.07, 6.45) is 2.21. The Bertz CT molecular complexity index is 374. The molecule has 0 spiro atoms. The number of carbonyl (C=O) groups is 1. The summed E-state index contributed by atoms with van der Waals surface area (Å²) in [4.78, 5) is 11.6. The second kappa shape index (κ2) is 6.94. The minimum absolute atomic E-state index is 0.0193. The van der Waals surface area contributed by atoms with Crippen molar-refractivity contribution in [2.24, 2.45) is 0 Å². The van der Waals surface area contributed by atoms with E-state index >= 15 is 0 Å². The van der Waals surface area contributed by atoms with Crippen molar-refractivity contribution in [1.29, 1.82) is 0 Å². The van der Waals surface area contributed by atoms with Gasteiger partial charge < -0.3 is 10.6 Å². The highest BCUT2D eigenvalue weighted by Gasteiger charge is 2.11. The van der Waals surface area contributed by atoms with Crippen LogP contribution in [0.5, 0.6) is 0 Å². The summed E-state index contributed by atoms with van der Waals surface area (Å²) in [6, 6.07) is 5.87. The van der Waals surface area contributed by atoms with Crippen LogP contribution in [0.2, 0.25) is 0 Å². The summed E-state index contributed by atoms with van der Waals surface area (Å²) in [5.41, 5.74) is 3.19. The molecule has 3 heteroatoms. The number of aryl methyl sites for hydroxylation is 1. The Morgan fingerprint density at radius 2 is 2.18 bits per heavy atom. The van der Waals surface area contributed by atoms with E-state index < -0.39 is 0 Å². The van der Waals surface area contributed by atoms with E-state index in [1.807, 2.05) is 39.0 Å². The van der Waals surface area contributed by atoms with E-state index in [0.717, 1.165) is 24.9 Å².